The van der Waals surface area contributed by atoms with Crippen molar-refractivity contribution in [1.29, 1.82) is 0 Å². The van der Waals surface area contributed by atoms with Gasteiger partial charge in [-0.2, -0.15) is 0 Å². The molecule has 2 heterocycles. The first-order chi connectivity index (χ1) is 8.66. The molecule has 4 nitrogen and oxygen atoms in total. The minimum Gasteiger partial charge on any atom is -0.374 e. The summed E-state index contributed by atoms with van der Waals surface area (Å²) in [4.78, 5) is 11.2. The minimum atomic E-state index is 0.368. The number of anilines is 1. The highest BCUT2D eigenvalue weighted by molar-refractivity contribution is 6.30. The Morgan fingerprint density at radius 2 is 2.11 bits per heavy atom. The second-order valence-electron chi connectivity index (χ2n) is 5.11. The summed E-state index contributed by atoms with van der Waals surface area (Å²) in [7, 11) is 0. The zero-order valence-electron chi connectivity index (χ0n) is 10.8. The average molecular weight is 268 g/mol. The van der Waals surface area contributed by atoms with Gasteiger partial charge in [0, 0.05) is 12.1 Å². The van der Waals surface area contributed by atoms with Gasteiger partial charge >= 0.3 is 0 Å². The lowest BCUT2D eigenvalue weighted by molar-refractivity contribution is 0.0252. The van der Waals surface area contributed by atoms with Crippen molar-refractivity contribution in [3.05, 3.63) is 16.5 Å². The summed E-state index contributed by atoms with van der Waals surface area (Å²) >= 11 is 6.17. The molecule has 1 aromatic rings. The van der Waals surface area contributed by atoms with Crippen molar-refractivity contribution in [2.45, 2.75) is 45.3 Å². The summed E-state index contributed by atoms with van der Waals surface area (Å²) in [6.07, 6.45) is 3.96. The van der Waals surface area contributed by atoms with Crippen molar-refractivity contribution < 1.29 is 4.74 Å². The quantitative estimate of drug-likeness (QED) is 0.733. The smallest absolute Gasteiger partial charge is 0.137 e. The summed E-state index contributed by atoms with van der Waals surface area (Å²) in [6, 6.07) is 0.461. The Morgan fingerprint density at radius 3 is 2.94 bits per heavy atom. The lowest BCUT2D eigenvalue weighted by atomic mass is 10.1. The number of morpholine rings is 1. The van der Waals surface area contributed by atoms with E-state index in [2.05, 4.69) is 14.9 Å². The van der Waals surface area contributed by atoms with Crippen LogP contribution in [0.2, 0.25) is 5.15 Å². The van der Waals surface area contributed by atoms with E-state index in [1.54, 1.807) is 0 Å². The maximum Gasteiger partial charge on any atom is 0.137 e. The molecule has 98 valence electrons. The van der Waals surface area contributed by atoms with Crippen molar-refractivity contribution >= 4 is 17.4 Å². The Morgan fingerprint density at radius 1 is 1.28 bits per heavy atom. The Balaban J connectivity index is 1.98. The molecule has 5 heteroatoms. The predicted molar refractivity (Wildman–Crippen MR) is 71.2 cm³/mol. The number of nitrogens with zero attached hydrogens (tertiary/aromatic N) is 3. The Labute approximate surface area is 112 Å². The van der Waals surface area contributed by atoms with Crippen LogP contribution in [0.5, 0.6) is 0 Å². The number of halogens is 1. The topological polar surface area (TPSA) is 38.2 Å². The summed E-state index contributed by atoms with van der Waals surface area (Å²) in [5.74, 6) is 1.73. The zero-order chi connectivity index (χ0) is 12.7. The van der Waals surface area contributed by atoms with Gasteiger partial charge in [0.25, 0.3) is 0 Å². The van der Waals surface area contributed by atoms with E-state index in [1.165, 1.54) is 12.8 Å². The largest absolute Gasteiger partial charge is 0.374 e. The van der Waals surface area contributed by atoms with Crippen LogP contribution >= 0.6 is 11.6 Å². The first-order valence-corrected chi connectivity index (χ1v) is 6.93. The molecule has 2 atom stereocenters. The van der Waals surface area contributed by atoms with Crippen molar-refractivity contribution in [3.8, 4) is 0 Å². The van der Waals surface area contributed by atoms with E-state index < -0.39 is 0 Å². The molecule has 1 saturated carbocycles. The fourth-order valence-electron chi connectivity index (χ4n) is 3.05. The molecule has 0 N–H and O–H groups in total. The van der Waals surface area contributed by atoms with Crippen molar-refractivity contribution in [3.63, 3.8) is 0 Å². The molecule has 2 fully saturated rings. The SMILES string of the molecule is Cc1nc(Cl)c(C)c(N2CCOC3CCCC32)n1. The van der Waals surface area contributed by atoms with E-state index in [-0.39, 0.29) is 0 Å². The number of hydrogen-bond acceptors (Lipinski definition) is 4. The van der Waals surface area contributed by atoms with Crippen molar-refractivity contribution in [2.75, 3.05) is 18.1 Å². The molecule has 0 radical (unpaired) electrons. The van der Waals surface area contributed by atoms with Gasteiger partial charge < -0.3 is 9.64 Å². The summed E-state index contributed by atoms with van der Waals surface area (Å²) in [6.45, 7) is 5.56. The third-order valence-corrected chi connectivity index (χ3v) is 4.29. The van der Waals surface area contributed by atoms with Gasteiger partial charge in [-0.3, -0.25) is 0 Å². The van der Waals surface area contributed by atoms with Gasteiger partial charge in [-0.15, -0.1) is 0 Å². The van der Waals surface area contributed by atoms with E-state index in [1.807, 2.05) is 13.8 Å². The molecule has 3 rings (SSSR count). The third kappa shape index (κ3) is 1.97. The molecule has 18 heavy (non-hydrogen) atoms. The van der Waals surface area contributed by atoms with Crippen LogP contribution in [-0.4, -0.2) is 35.3 Å². The lowest BCUT2D eigenvalue weighted by Crippen LogP contribution is -2.49. The zero-order valence-corrected chi connectivity index (χ0v) is 11.6. The van der Waals surface area contributed by atoms with Gasteiger partial charge in [-0.1, -0.05) is 11.6 Å². The molecule has 0 amide bonds. The first-order valence-electron chi connectivity index (χ1n) is 6.56. The number of aromatic nitrogens is 2. The molecular formula is C13H18ClN3O. The fourth-order valence-corrected chi connectivity index (χ4v) is 3.26. The van der Waals surface area contributed by atoms with Crippen LogP contribution in [-0.2, 0) is 4.74 Å². The maximum atomic E-state index is 6.17. The highest BCUT2D eigenvalue weighted by Crippen LogP contribution is 2.34. The highest BCUT2D eigenvalue weighted by Gasteiger charge is 2.37. The van der Waals surface area contributed by atoms with E-state index in [9.17, 15) is 0 Å². The Bertz CT molecular complexity index is 466. The highest BCUT2D eigenvalue weighted by atomic mass is 35.5. The molecule has 2 unspecified atom stereocenters. The molecule has 1 saturated heterocycles. The predicted octanol–water partition coefficient (Wildman–Crippen LogP) is 2.50. The van der Waals surface area contributed by atoms with Crippen LogP contribution in [0.4, 0.5) is 5.82 Å². The summed E-state index contributed by atoms with van der Waals surface area (Å²) in [5, 5.41) is 0.568. The Hall–Kier alpha value is -0.870. The first kappa shape index (κ1) is 12.2. The molecule has 1 aliphatic carbocycles. The number of aryl methyl sites for hydroxylation is 1. The monoisotopic (exact) mass is 267 g/mol. The molecule has 2 aliphatic rings. The van der Waals surface area contributed by atoms with Crippen molar-refractivity contribution in [1.82, 2.24) is 9.97 Å². The van der Waals surface area contributed by atoms with Gasteiger partial charge in [0.15, 0.2) is 0 Å². The lowest BCUT2D eigenvalue weighted by Gasteiger charge is -2.39. The van der Waals surface area contributed by atoms with Crippen LogP contribution in [0.25, 0.3) is 0 Å². The molecule has 0 aromatic carbocycles. The standard InChI is InChI=1S/C13H18ClN3O/c1-8-12(14)15-9(2)16-13(8)17-6-7-18-11-5-3-4-10(11)17/h10-11H,3-7H2,1-2H3. The second kappa shape index (κ2) is 4.67. The third-order valence-electron chi connectivity index (χ3n) is 3.93. The molecule has 0 bridgehead atoms. The molecular weight excluding hydrogens is 250 g/mol. The number of fused-ring (bicyclic) bond motifs is 1. The Kier molecular flexibility index (Phi) is 3.16. The molecule has 1 aliphatic heterocycles. The maximum absolute atomic E-state index is 6.17. The van der Waals surface area contributed by atoms with Crippen LogP contribution in [0.1, 0.15) is 30.7 Å². The second-order valence-corrected chi connectivity index (χ2v) is 5.47. The van der Waals surface area contributed by atoms with Gasteiger partial charge in [0.1, 0.15) is 16.8 Å². The number of ether oxygens (including phenoxy) is 1. The van der Waals surface area contributed by atoms with Crippen LogP contribution in [0.3, 0.4) is 0 Å². The summed E-state index contributed by atoms with van der Waals surface area (Å²) < 4.78 is 5.84. The van der Waals surface area contributed by atoms with E-state index in [0.29, 0.717) is 17.3 Å². The van der Waals surface area contributed by atoms with E-state index in [0.717, 1.165) is 36.8 Å². The van der Waals surface area contributed by atoms with Gasteiger partial charge in [-0.05, 0) is 33.1 Å². The number of rotatable bonds is 1. The van der Waals surface area contributed by atoms with Gasteiger partial charge in [-0.25, -0.2) is 9.97 Å². The average Bonchev–Trinajstić information content (AvgIpc) is 2.81. The van der Waals surface area contributed by atoms with Gasteiger partial charge in [0.2, 0.25) is 0 Å². The number of hydrogen-bond donors (Lipinski definition) is 0. The normalized spacial score (nSPS) is 27.4. The van der Waals surface area contributed by atoms with Gasteiger partial charge in [0.05, 0.1) is 18.8 Å². The van der Waals surface area contributed by atoms with E-state index >= 15 is 0 Å². The minimum absolute atomic E-state index is 0.368. The molecule has 0 spiro atoms. The van der Waals surface area contributed by atoms with Crippen molar-refractivity contribution in [2.24, 2.45) is 0 Å². The van der Waals surface area contributed by atoms with Crippen LogP contribution in [0, 0.1) is 13.8 Å². The summed E-state index contributed by atoms with van der Waals surface area (Å²) in [5.41, 5.74) is 0.981. The van der Waals surface area contributed by atoms with E-state index in [4.69, 9.17) is 16.3 Å². The molecule has 1 aromatic heterocycles. The fraction of sp³-hybridized carbons (Fsp3) is 0.692. The van der Waals surface area contributed by atoms with Crippen LogP contribution in [0.15, 0.2) is 0 Å². The van der Waals surface area contributed by atoms with Crippen LogP contribution < -0.4 is 4.90 Å².